The summed E-state index contributed by atoms with van der Waals surface area (Å²) >= 11 is 0. The Morgan fingerprint density at radius 2 is 2.14 bits per heavy atom. The number of aromatic nitrogens is 4. The van der Waals surface area contributed by atoms with Gasteiger partial charge >= 0.3 is 0 Å². The minimum absolute atomic E-state index is 0.214. The zero-order valence-electron chi connectivity index (χ0n) is 12.3. The Labute approximate surface area is 123 Å². The molecule has 0 aliphatic heterocycles. The SMILES string of the molecule is CCCNc1ccc(C(=O)NCCc2cnn(C)c2)nn1. The first-order valence-corrected chi connectivity index (χ1v) is 7.02. The summed E-state index contributed by atoms with van der Waals surface area (Å²) < 4.78 is 1.74. The van der Waals surface area contributed by atoms with E-state index in [4.69, 9.17) is 0 Å². The van der Waals surface area contributed by atoms with Crippen LogP contribution in [0.25, 0.3) is 0 Å². The summed E-state index contributed by atoms with van der Waals surface area (Å²) in [7, 11) is 1.87. The summed E-state index contributed by atoms with van der Waals surface area (Å²) in [5.74, 6) is 0.470. The quantitative estimate of drug-likeness (QED) is 0.794. The number of amides is 1. The van der Waals surface area contributed by atoms with Gasteiger partial charge in [-0.3, -0.25) is 9.48 Å². The van der Waals surface area contributed by atoms with Crippen molar-refractivity contribution in [3.05, 3.63) is 35.8 Å². The molecule has 0 bridgehead atoms. The van der Waals surface area contributed by atoms with Crippen molar-refractivity contribution in [3.63, 3.8) is 0 Å². The van der Waals surface area contributed by atoms with Crippen molar-refractivity contribution in [2.24, 2.45) is 7.05 Å². The second-order valence-corrected chi connectivity index (χ2v) is 4.76. The van der Waals surface area contributed by atoms with E-state index < -0.39 is 0 Å². The number of rotatable bonds is 7. The van der Waals surface area contributed by atoms with E-state index in [1.165, 1.54) is 0 Å². The van der Waals surface area contributed by atoms with Crippen LogP contribution >= 0.6 is 0 Å². The van der Waals surface area contributed by atoms with Gasteiger partial charge in [-0.2, -0.15) is 5.10 Å². The molecule has 0 fully saturated rings. The van der Waals surface area contributed by atoms with Crippen molar-refractivity contribution in [1.82, 2.24) is 25.3 Å². The molecule has 0 atom stereocenters. The molecule has 0 aromatic carbocycles. The van der Waals surface area contributed by atoms with Crippen LogP contribution in [0.4, 0.5) is 5.82 Å². The lowest BCUT2D eigenvalue weighted by Gasteiger charge is -2.05. The molecule has 112 valence electrons. The van der Waals surface area contributed by atoms with E-state index in [-0.39, 0.29) is 5.91 Å². The largest absolute Gasteiger partial charge is 0.369 e. The summed E-state index contributed by atoms with van der Waals surface area (Å²) in [5.41, 5.74) is 1.41. The lowest BCUT2D eigenvalue weighted by atomic mass is 10.2. The second-order valence-electron chi connectivity index (χ2n) is 4.76. The smallest absolute Gasteiger partial charge is 0.271 e. The Kier molecular flexibility index (Phi) is 5.25. The van der Waals surface area contributed by atoms with Crippen molar-refractivity contribution in [3.8, 4) is 0 Å². The van der Waals surface area contributed by atoms with E-state index in [2.05, 4.69) is 32.9 Å². The number of hydrogen-bond acceptors (Lipinski definition) is 5. The van der Waals surface area contributed by atoms with Crippen LogP contribution < -0.4 is 10.6 Å². The number of nitrogens with one attached hydrogen (secondary N) is 2. The first-order valence-electron chi connectivity index (χ1n) is 7.02. The summed E-state index contributed by atoms with van der Waals surface area (Å²) in [4.78, 5) is 11.9. The highest BCUT2D eigenvalue weighted by Gasteiger charge is 2.07. The van der Waals surface area contributed by atoms with Gasteiger partial charge in [-0.15, -0.1) is 10.2 Å². The maximum Gasteiger partial charge on any atom is 0.271 e. The van der Waals surface area contributed by atoms with E-state index in [1.807, 2.05) is 13.2 Å². The van der Waals surface area contributed by atoms with E-state index in [9.17, 15) is 4.79 Å². The maximum absolute atomic E-state index is 11.9. The fourth-order valence-electron chi connectivity index (χ4n) is 1.81. The number of hydrogen-bond donors (Lipinski definition) is 2. The maximum atomic E-state index is 11.9. The highest BCUT2D eigenvalue weighted by Crippen LogP contribution is 2.02. The van der Waals surface area contributed by atoms with Crippen LogP contribution in [0, 0.1) is 0 Å². The van der Waals surface area contributed by atoms with Crippen LogP contribution in [0.5, 0.6) is 0 Å². The third-order valence-corrected chi connectivity index (χ3v) is 2.91. The van der Waals surface area contributed by atoms with Gasteiger partial charge in [-0.25, -0.2) is 0 Å². The molecule has 2 rings (SSSR count). The number of nitrogens with zero attached hydrogens (tertiary/aromatic N) is 4. The van der Waals surface area contributed by atoms with Gasteiger partial charge in [0.2, 0.25) is 0 Å². The Morgan fingerprint density at radius 1 is 1.29 bits per heavy atom. The third-order valence-electron chi connectivity index (χ3n) is 2.91. The van der Waals surface area contributed by atoms with Gasteiger partial charge in [0.1, 0.15) is 5.82 Å². The normalized spacial score (nSPS) is 10.4. The van der Waals surface area contributed by atoms with Crippen LogP contribution in [-0.4, -0.2) is 39.0 Å². The molecule has 1 amide bonds. The van der Waals surface area contributed by atoms with Gasteiger partial charge in [0.25, 0.3) is 5.91 Å². The standard InChI is InChI=1S/C14H20N6O/c1-3-7-15-13-5-4-12(18-19-13)14(21)16-8-6-11-9-17-20(2)10-11/h4-5,9-10H,3,6-8H2,1-2H3,(H,15,19)(H,16,21). The summed E-state index contributed by atoms with van der Waals surface area (Å²) in [6.07, 6.45) is 5.47. The summed E-state index contributed by atoms with van der Waals surface area (Å²) in [6.45, 7) is 3.46. The van der Waals surface area contributed by atoms with Crippen LogP contribution in [0.3, 0.4) is 0 Å². The monoisotopic (exact) mass is 288 g/mol. The summed E-state index contributed by atoms with van der Waals surface area (Å²) in [5, 5.41) is 17.9. The molecule has 7 nitrogen and oxygen atoms in total. The second kappa shape index (κ2) is 7.37. The molecule has 2 heterocycles. The molecule has 0 aliphatic carbocycles. The topological polar surface area (TPSA) is 84.7 Å². The molecular weight excluding hydrogens is 268 g/mol. The minimum Gasteiger partial charge on any atom is -0.369 e. The molecule has 0 unspecified atom stereocenters. The van der Waals surface area contributed by atoms with Crippen LogP contribution in [0.1, 0.15) is 29.4 Å². The molecular formula is C14H20N6O. The molecule has 0 saturated carbocycles. The molecule has 0 spiro atoms. The molecule has 2 N–H and O–H groups in total. The minimum atomic E-state index is -0.214. The fourth-order valence-corrected chi connectivity index (χ4v) is 1.81. The number of carbonyl (C=O) groups is 1. The van der Waals surface area contributed by atoms with E-state index in [0.29, 0.717) is 18.1 Å². The van der Waals surface area contributed by atoms with Crippen molar-refractivity contribution in [1.29, 1.82) is 0 Å². The van der Waals surface area contributed by atoms with Gasteiger partial charge in [-0.05, 0) is 30.5 Å². The lowest BCUT2D eigenvalue weighted by Crippen LogP contribution is -2.26. The van der Waals surface area contributed by atoms with E-state index >= 15 is 0 Å². The average Bonchev–Trinajstić information content (AvgIpc) is 2.91. The van der Waals surface area contributed by atoms with Gasteiger partial charge in [0.05, 0.1) is 6.20 Å². The molecule has 2 aromatic rings. The molecule has 0 aliphatic rings. The zero-order chi connectivity index (χ0) is 15.1. The van der Waals surface area contributed by atoms with E-state index in [0.717, 1.165) is 24.9 Å². The van der Waals surface area contributed by atoms with Gasteiger partial charge in [-0.1, -0.05) is 6.92 Å². The molecule has 2 aromatic heterocycles. The first-order chi connectivity index (χ1) is 10.2. The molecule has 21 heavy (non-hydrogen) atoms. The molecule has 0 radical (unpaired) electrons. The van der Waals surface area contributed by atoms with Crippen molar-refractivity contribution in [2.45, 2.75) is 19.8 Å². The summed E-state index contributed by atoms with van der Waals surface area (Å²) in [6, 6.07) is 3.43. The van der Waals surface area contributed by atoms with Gasteiger partial charge < -0.3 is 10.6 Å². The van der Waals surface area contributed by atoms with Crippen LogP contribution in [0.2, 0.25) is 0 Å². The Morgan fingerprint density at radius 3 is 2.76 bits per heavy atom. The predicted octanol–water partition coefficient (Wildman–Crippen LogP) is 1.00. The highest BCUT2D eigenvalue weighted by atomic mass is 16.1. The van der Waals surface area contributed by atoms with Crippen molar-refractivity contribution >= 4 is 11.7 Å². The Bertz CT molecular complexity index is 577. The third kappa shape index (κ3) is 4.55. The van der Waals surface area contributed by atoms with Gasteiger partial charge in [0.15, 0.2) is 5.69 Å². The van der Waals surface area contributed by atoms with Crippen molar-refractivity contribution < 1.29 is 4.79 Å². The number of aryl methyl sites for hydroxylation is 1. The molecule has 7 heteroatoms. The Balaban J connectivity index is 1.79. The lowest BCUT2D eigenvalue weighted by molar-refractivity contribution is 0.0948. The zero-order valence-corrected chi connectivity index (χ0v) is 12.3. The van der Waals surface area contributed by atoms with Crippen LogP contribution in [-0.2, 0) is 13.5 Å². The number of anilines is 1. The van der Waals surface area contributed by atoms with Gasteiger partial charge in [0, 0.05) is 26.3 Å². The van der Waals surface area contributed by atoms with Crippen molar-refractivity contribution in [2.75, 3.05) is 18.4 Å². The fraction of sp³-hybridized carbons (Fsp3) is 0.429. The first kappa shape index (κ1) is 15.0. The Hall–Kier alpha value is -2.44. The molecule has 0 saturated heterocycles. The average molecular weight is 288 g/mol. The predicted molar refractivity (Wildman–Crippen MR) is 80.1 cm³/mol. The van der Waals surface area contributed by atoms with E-state index in [1.54, 1.807) is 23.0 Å². The van der Waals surface area contributed by atoms with Crippen LogP contribution in [0.15, 0.2) is 24.5 Å². The number of carbonyl (C=O) groups excluding carboxylic acids is 1. The highest BCUT2D eigenvalue weighted by molar-refractivity contribution is 5.92.